The Morgan fingerprint density at radius 3 is 2.72 bits per heavy atom. The van der Waals surface area contributed by atoms with Gasteiger partial charge in [0.25, 0.3) is 0 Å². The van der Waals surface area contributed by atoms with Crippen LogP contribution in [-0.2, 0) is 20.1 Å². The van der Waals surface area contributed by atoms with Crippen molar-refractivity contribution in [1.29, 1.82) is 0 Å². The van der Waals surface area contributed by atoms with Gasteiger partial charge in [-0.2, -0.15) is 5.10 Å². The molecule has 9 heteroatoms. The Hall–Kier alpha value is -1.20. The third kappa shape index (κ3) is 5.65. The van der Waals surface area contributed by atoms with Crippen molar-refractivity contribution >= 4 is 41.3 Å². The molecule has 1 N–H and O–H groups in total. The van der Waals surface area contributed by atoms with Crippen LogP contribution in [0, 0.1) is 0 Å². The van der Waals surface area contributed by atoms with E-state index in [4.69, 9.17) is 4.99 Å². The number of hydrogen-bond acceptors (Lipinski definition) is 5. The lowest BCUT2D eigenvalue weighted by Crippen LogP contribution is -2.52. The highest BCUT2D eigenvalue weighted by molar-refractivity contribution is 14.0. The summed E-state index contributed by atoms with van der Waals surface area (Å²) in [4.78, 5) is 15.3. The van der Waals surface area contributed by atoms with Crippen molar-refractivity contribution in [2.75, 3.05) is 32.7 Å². The van der Waals surface area contributed by atoms with Crippen LogP contribution in [0.1, 0.15) is 17.6 Å². The predicted molar refractivity (Wildman–Crippen MR) is 112 cm³/mol. The number of nitrogens with zero attached hydrogens (tertiary/aromatic N) is 6. The summed E-state index contributed by atoms with van der Waals surface area (Å²) in [6.07, 6.45) is 1.57. The summed E-state index contributed by atoms with van der Waals surface area (Å²) in [7, 11) is 1.90. The molecule has 3 heterocycles. The fourth-order valence-electron chi connectivity index (χ4n) is 2.78. The van der Waals surface area contributed by atoms with Crippen molar-refractivity contribution in [2.45, 2.75) is 20.0 Å². The molecule has 0 aliphatic carbocycles. The van der Waals surface area contributed by atoms with Gasteiger partial charge in [-0.1, -0.05) is 6.07 Å². The van der Waals surface area contributed by atoms with Crippen LogP contribution >= 0.6 is 35.3 Å². The standard InChI is InChI=1S/C16H25N7S.HI/c1-3-17-16(18-11-15-19-13-20-21(15)2)23-8-6-22(7-9-23)12-14-5-4-10-24-14;/h4-5,10,13H,3,6-9,11-12H2,1-2H3,(H,17,18);1H. The fourth-order valence-corrected chi connectivity index (χ4v) is 3.52. The minimum atomic E-state index is 0. The van der Waals surface area contributed by atoms with Gasteiger partial charge >= 0.3 is 0 Å². The van der Waals surface area contributed by atoms with Crippen molar-refractivity contribution in [3.05, 3.63) is 34.5 Å². The molecule has 7 nitrogen and oxygen atoms in total. The molecule has 3 rings (SSSR count). The summed E-state index contributed by atoms with van der Waals surface area (Å²) in [6, 6.07) is 4.34. The zero-order valence-corrected chi connectivity index (χ0v) is 17.9. The van der Waals surface area contributed by atoms with E-state index in [1.807, 2.05) is 18.4 Å². The molecule has 0 unspecified atom stereocenters. The predicted octanol–water partition coefficient (Wildman–Crippen LogP) is 1.78. The summed E-state index contributed by atoms with van der Waals surface area (Å²) in [6.45, 7) is 8.69. The van der Waals surface area contributed by atoms with E-state index >= 15 is 0 Å². The van der Waals surface area contributed by atoms with Crippen LogP contribution in [0.4, 0.5) is 0 Å². The lowest BCUT2D eigenvalue weighted by atomic mass is 10.3. The lowest BCUT2D eigenvalue weighted by Gasteiger charge is -2.36. The first-order valence-corrected chi connectivity index (χ1v) is 9.25. The third-order valence-corrected chi connectivity index (χ3v) is 5.00. The summed E-state index contributed by atoms with van der Waals surface area (Å²) in [5.41, 5.74) is 0. The van der Waals surface area contributed by atoms with E-state index in [2.05, 4.69) is 49.6 Å². The third-order valence-electron chi connectivity index (χ3n) is 4.14. The number of hydrogen-bond donors (Lipinski definition) is 1. The van der Waals surface area contributed by atoms with Crippen molar-refractivity contribution in [3.8, 4) is 0 Å². The van der Waals surface area contributed by atoms with Crippen LogP contribution in [0.2, 0.25) is 0 Å². The molecule has 2 aromatic rings. The molecule has 1 aliphatic rings. The SMILES string of the molecule is CCNC(=NCc1ncnn1C)N1CCN(Cc2cccs2)CC1.I. The maximum atomic E-state index is 4.73. The van der Waals surface area contributed by atoms with Crippen LogP contribution in [-0.4, -0.2) is 63.2 Å². The van der Waals surface area contributed by atoms with Gasteiger partial charge in [-0.25, -0.2) is 9.98 Å². The van der Waals surface area contributed by atoms with E-state index in [1.165, 1.54) is 4.88 Å². The first-order chi connectivity index (χ1) is 11.8. The first kappa shape index (κ1) is 20.1. The summed E-state index contributed by atoms with van der Waals surface area (Å²) in [5.74, 6) is 1.85. The average Bonchev–Trinajstić information content (AvgIpc) is 3.24. The van der Waals surface area contributed by atoms with Crippen molar-refractivity contribution < 1.29 is 0 Å². The number of nitrogens with one attached hydrogen (secondary N) is 1. The molecule has 25 heavy (non-hydrogen) atoms. The molecule has 0 aromatic carbocycles. The van der Waals surface area contributed by atoms with E-state index in [9.17, 15) is 0 Å². The number of piperazine rings is 1. The van der Waals surface area contributed by atoms with Crippen molar-refractivity contribution in [1.82, 2.24) is 29.9 Å². The highest BCUT2D eigenvalue weighted by atomic mass is 127. The molecule has 0 atom stereocenters. The molecule has 1 fully saturated rings. The summed E-state index contributed by atoms with van der Waals surface area (Å²) < 4.78 is 1.77. The quantitative estimate of drug-likeness (QED) is 0.406. The molecule has 138 valence electrons. The Balaban J connectivity index is 0.00000225. The smallest absolute Gasteiger partial charge is 0.194 e. The largest absolute Gasteiger partial charge is 0.357 e. The Kier molecular flexibility index (Phi) is 8.10. The highest BCUT2D eigenvalue weighted by Gasteiger charge is 2.20. The van der Waals surface area contributed by atoms with E-state index in [0.29, 0.717) is 6.54 Å². The second-order valence-corrected chi connectivity index (χ2v) is 6.84. The van der Waals surface area contributed by atoms with Gasteiger partial charge in [0.1, 0.15) is 18.7 Å². The maximum Gasteiger partial charge on any atom is 0.194 e. The second-order valence-electron chi connectivity index (χ2n) is 5.81. The number of aromatic nitrogens is 3. The minimum absolute atomic E-state index is 0. The highest BCUT2D eigenvalue weighted by Crippen LogP contribution is 2.13. The molecular weight excluding hydrogens is 449 g/mol. The number of thiophene rings is 1. The number of aliphatic imine (C=N–C) groups is 1. The molecule has 0 bridgehead atoms. The molecule has 0 amide bonds. The Morgan fingerprint density at radius 1 is 1.32 bits per heavy atom. The molecule has 1 saturated heterocycles. The lowest BCUT2D eigenvalue weighted by molar-refractivity contribution is 0.173. The number of aryl methyl sites for hydroxylation is 1. The Morgan fingerprint density at radius 2 is 2.12 bits per heavy atom. The van der Waals surface area contributed by atoms with Gasteiger partial charge in [-0.3, -0.25) is 9.58 Å². The summed E-state index contributed by atoms with van der Waals surface area (Å²) in [5, 5.41) is 9.64. The van der Waals surface area contributed by atoms with Crippen LogP contribution in [0.15, 0.2) is 28.8 Å². The molecule has 1 aliphatic heterocycles. The Labute approximate surface area is 170 Å². The van der Waals surface area contributed by atoms with E-state index in [0.717, 1.165) is 51.1 Å². The topological polar surface area (TPSA) is 61.6 Å². The van der Waals surface area contributed by atoms with Gasteiger partial charge in [-0.05, 0) is 18.4 Å². The number of rotatable bonds is 5. The van der Waals surface area contributed by atoms with Gasteiger partial charge in [0, 0.05) is 51.2 Å². The van der Waals surface area contributed by atoms with Crippen LogP contribution in [0.25, 0.3) is 0 Å². The molecule has 0 radical (unpaired) electrons. The molecule has 0 saturated carbocycles. The van der Waals surface area contributed by atoms with Crippen LogP contribution in [0.5, 0.6) is 0 Å². The van der Waals surface area contributed by atoms with E-state index in [1.54, 1.807) is 11.0 Å². The van der Waals surface area contributed by atoms with E-state index < -0.39 is 0 Å². The minimum Gasteiger partial charge on any atom is -0.357 e. The Bertz CT molecular complexity index is 647. The van der Waals surface area contributed by atoms with Crippen LogP contribution < -0.4 is 5.32 Å². The monoisotopic (exact) mass is 475 g/mol. The normalized spacial score (nSPS) is 15.9. The molecular formula is C16H26IN7S. The van der Waals surface area contributed by atoms with Crippen LogP contribution in [0.3, 0.4) is 0 Å². The fraction of sp³-hybridized carbons (Fsp3) is 0.562. The molecule has 0 spiro atoms. The van der Waals surface area contributed by atoms with Gasteiger partial charge in [0.15, 0.2) is 5.96 Å². The van der Waals surface area contributed by atoms with Crippen molar-refractivity contribution in [2.24, 2.45) is 12.0 Å². The summed E-state index contributed by atoms with van der Waals surface area (Å²) >= 11 is 1.83. The maximum absolute atomic E-state index is 4.73. The first-order valence-electron chi connectivity index (χ1n) is 8.37. The number of halogens is 1. The number of guanidine groups is 1. The van der Waals surface area contributed by atoms with Gasteiger partial charge in [0.2, 0.25) is 0 Å². The molecule has 2 aromatic heterocycles. The van der Waals surface area contributed by atoms with Gasteiger partial charge in [-0.15, -0.1) is 35.3 Å². The zero-order chi connectivity index (χ0) is 16.8. The van der Waals surface area contributed by atoms with Gasteiger partial charge < -0.3 is 10.2 Å². The second kappa shape index (κ2) is 10.1. The van der Waals surface area contributed by atoms with Gasteiger partial charge in [0.05, 0.1) is 0 Å². The zero-order valence-electron chi connectivity index (χ0n) is 14.8. The average molecular weight is 475 g/mol. The van der Waals surface area contributed by atoms with Crippen molar-refractivity contribution in [3.63, 3.8) is 0 Å². The van der Waals surface area contributed by atoms with E-state index in [-0.39, 0.29) is 24.0 Å².